The van der Waals surface area contributed by atoms with Crippen molar-refractivity contribution in [1.82, 2.24) is 14.5 Å². The lowest BCUT2D eigenvalue weighted by Gasteiger charge is -2.38. The number of piperazine rings is 1. The molecule has 0 aliphatic carbocycles. The Morgan fingerprint density at radius 2 is 1.87 bits per heavy atom. The number of hydrogen-bond donors (Lipinski definition) is 2. The van der Waals surface area contributed by atoms with Crippen molar-refractivity contribution in [3.8, 4) is 0 Å². The molecule has 1 aromatic carbocycles. The lowest BCUT2D eigenvalue weighted by Crippen LogP contribution is -2.60. The Hall–Kier alpha value is -2.79. The van der Waals surface area contributed by atoms with E-state index in [1.165, 1.54) is 11.8 Å². The third-order valence-corrected chi connectivity index (χ3v) is 7.13. The van der Waals surface area contributed by atoms with Gasteiger partial charge in [-0.3, -0.25) is 14.4 Å². The Labute approximate surface area is 173 Å². The van der Waals surface area contributed by atoms with Crippen LogP contribution in [0.5, 0.6) is 0 Å². The summed E-state index contributed by atoms with van der Waals surface area (Å²) in [5.41, 5.74) is 0.619. The fourth-order valence-electron chi connectivity index (χ4n) is 3.88. The Morgan fingerprint density at radius 3 is 2.50 bits per heavy atom. The molecule has 0 aromatic heterocycles. The molecule has 2 aliphatic rings. The summed E-state index contributed by atoms with van der Waals surface area (Å²) < 4.78 is 26.7. The van der Waals surface area contributed by atoms with Crippen LogP contribution in [0.1, 0.15) is 25.3 Å². The maximum Gasteiger partial charge on any atom is 0.374 e. The number of amides is 2. The lowest BCUT2D eigenvalue weighted by molar-refractivity contribution is -0.150. The van der Waals surface area contributed by atoms with Gasteiger partial charge in [0.1, 0.15) is 6.04 Å². The van der Waals surface area contributed by atoms with E-state index in [1.807, 2.05) is 0 Å². The standard InChI is InChI=1S/C19H23N3O7S/c1-12(17(24)19(26)27)20-18(25)15-8-7-14-9-21(10-16(23)22(14)15)30(28,29)11-13-5-3-2-4-6-13/h2-6,12,14-15H,7-11H2,1H3,(H,20,25)(H,26,27). The molecule has 162 valence electrons. The van der Waals surface area contributed by atoms with Crippen LogP contribution in [0.4, 0.5) is 0 Å². The number of carboxylic acid groups (broad SMARTS) is 1. The molecule has 0 radical (unpaired) electrons. The molecular formula is C19H23N3O7S. The average Bonchev–Trinajstić information content (AvgIpc) is 3.12. The van der Waals surface area contributed by atoms with Gasteiger partial charge in [0, 0.05) is 12.6 Å². The van der Waals surface area contributed by atoms with Gasteiger partial charge in [0.05, 0.1) is 18.3 Å². The van der Waals surface area contributed by atoms with Crippen LogP contribution < -0.4 is 5.32 Å². The van der Waals surface area contributed by atoms with Crippen LogP contribution in [0, 0.1) is 0 Å². The minimum absolute atomic E-state index is 0.0916. The van der Waals surface area contributed by atoms with Crippen LogP contribution >= 0.6 is 0 Å². The normalized spacial score (nSPS) is 23.0. The van der Waals surface area contributed by atoms with Crippen molar-refractivity contribution in [2.45, 2.75) is 43.6 Å². The Bertz CT molecular complexity index is 964. The minimum Gasteiger partial charge on any atom is -0.475 e. The summed E-state index contributed by atoms with van der Waals surface area (Å²) in [4.78, 5) is 48.8. The molecule has 3 rings (SSSR count). The zero-order valence-electron chi connectivity index (χ0n) is 16.4. The van der Waals surface area contributed by atoms with E-state index in [0.717, 1.165) is 4.31 Å². The number of ketones is 1. The summed E-state index contributed by atoms with van der Waals surface area (Å²) in [7, 11) is -3.71. The number of nitrogens with zero attached hydrogens (tertiary/aromatic N) is 2. The maximum atomic E-state index is 12.8. The quantitative estimate of drug-likeness (QED) is 0.540. The first-order valence-electron chi connectivity index (χ1n) is 9.50. The third-order valence-electron chi connectivity index (χ3n) is 5.37. The molecular weight excluding hydrogens is 414 g/mol. The highest BCUT2D eigenvalue weighted by atomic mass is 32.2. The monoisotopic (exact) mass is 437 g/mol. The molecule has 10 nitrogen and oxygen atoms in total. The molecule has 2 aliphatic heterocycles. The topological polar surface area (TPSA) is 141 Å². The molecule has 2 fully saturated rings. The summed E-state index contributed by atoms with van der Waals surface area (Å²) in [6, 6.07) is 6.14. The molecule has 3 unspecified atom stereocenters. The van der Waals surface area contributed by atoms with Gasteiger partial charge in [-0.1, -0.05) is 30.3 Å². The number of carboxylic acids is 1. The zero-order valence-corrected chi connectivity index (χ0v) is 17.2. The zero-order chi connectivity index (χ0) is 22.1. The van der Waals surface area contributed by atoms with Crippen LogP contribution in [0.2, 0.25) is 0 Å². The lowest BCUT2D eigenvalue weighted by atomic mass is 10.1. The Kier molecular flexibility index (Phi) is 6.22. The number of carbonyl (C=O) groups is 4. The van der Waals surface area contributed by atoms with Crippen LogP contribution in [0.3, 0.4) is 0 Å². The molecule has 2 saturated heterocycles. The molecule has 11 heteroatoms. The fourth-order valence-corrected chi connectivity index (χ4v) is 5.38. The second-order valence-electron chi connectivity index (χ2n) is 7.48. The van der Waals surface area contributed by atoms with Gasteiger partial charge in [-0.15, -0.1) is 0 Å². The fraction of sp³-hybridized carbons (Fsp3) is 0.474. The van der Waals surface area contributed by atoms with E-state index in [9.17, 15) is 27.6 Å². The van der Waals surface area contributed by atoms with Crippen molar-refractivity contribution in [1.29, 1.82) is 0 Å². The first-order valence-corrected chi connectivity index (χ1v) is 11.1. The van der Waals surface area contributed by atoms with Gasteiger partial charge in [-0.25, -0.2) is 13.2 Å². The molecule has 0 saturated carbocycles. The van der Waals surface area contributed by atoms with E-state index < -0.39 is 51.7 Å². The highest BCUT2D eigenvalue weighted by Crippen LogP contribution is 2.30. The number of Topliss-reactive ketones (excluding diaryl/α,β-unsaturated/α-hetero) is 1. The van der Waals surface area contributed by atoms with E-state index in [2.05, 4.69) is 5.32 Å². The summed E-state index contributed by atoms with van der Waals surface area (Å²) >= 11 is 0. The largest absolute Gasteiger partial charge is 0.475 e. The summed E-state index contributed by atoms with van der Waals surface area (Å²) in [5.74, 6) is -4.13. The van der Waals surface area contributed by atoms with E-state index in [-0.39, 0.29) is 18.8 Å². The Morgan fingerprint density at radius 1 is 1.20 bits per heavy atom. The van der Waals surface area contributed by atoms with Crippen LogP contribution in [0.25, 0.3) is 0 Å². The van der Waals surface area contributed by atoms with Gasteiger partial charge < -0.3 is 15.3 Å². The van der Waals surface area contributed by atoms with Crippen molar-refractivity contribution in [2.24, 2.45) is 0 Å². The third kappa shape index (κ3) is 4.51. The van der Waals surface area contributed by atoms with Gasteiger partial charge in [0.2, 0.25) is 21.8 Å². The number of nitrogens with one attached hydrogen (secondary N) is 1. The maximum absolute atomic E-state index is 12.8. The van der Waals surface area contributed by atoms with Crippen LogP contribution in [-0.4, -0.2) is 77.5 Å². The SMILES string of the molecule is CC(NC(=O)C1CCC2CN(S(=O)(=O)Cc3ccccc3)CC(=O)N21)C(=O)C(=O)O. The highest BCUT2D eigenvalue weighted by molar-refractivity contribution is 7.88. The van der Waals surface area contributed by atoms with Crippen molar-refractivity contribution in [3.05, 3.63) is 35.9 Å². The molecule has 2 heterocycles. The second-order valence-corrected chi connectivity index (χ2v) is 9.45. The molecule has 2 N–H and O–H groups in total. The summed E-state index contributed by atoms with van der Waals surface area (Å²) in [6.45, 7) is 0.990. The highest BCUT2D eigenvalue weighted by Gasteiger charge is 2.47. The predicted molar refractivity (Wildman–Crippen MR) is 105 cm³/mol. The predicted octanol–water partition coefficient (Wildman–Crippen LogP) is -0.650. The molecule has 1 aromatic rings. The number of benzene rings is 1. The van der Waals surface area contributed by atoms with E-state index >= 15 is 0 Å². The first kappa shape index (κ1) is 21.9. The summed E-state index contributed by atoms with van der Waals surface area (Å²) in [6.07, 6.45) is 0.741. The molecule has 3 atom stereocenters. The van der Waals surface area contributed by atoms with Crippen molar-refractivity contribution in [2.75, 3.05) is 13.1 Å². The number of rotatable bonds is 7. The molecule has 30 heavy (non-hydrogen) atoms. The first-order chi connectivity index (χ1) is 14.1. The molecule has 2 amide bonds. The Balaban J connectivity index is 1.67. The van der Waals surface area contributed by atoms with Gasteiger partial charge in [0.15, 0.2) is 0 Å². The van der Waals surface area contributed by atoms with Crippen molar-refractivity contribution < 1.29 is 32.7 Å². The van der Waals surface area contributed by atoms with Crippen molar-refractivity contribution in [3.63, 3.8) is 0 Å². The average molecular weight is 437 g/mol. The van der Waals surface area contributed by atoms with Gasteiger partial charge in [0.25, 0.3) is 5.78 Å². The van der Waals surface area contributed by atoms with Crippen LogP contribution in [-0.2, 0) is 35.0 Å². The smallest absolute Gasteiger partial charge is 0.374 e. The second kappa shape index (κ2) is 8.52. The number of fused-ring (bicyclic) bond motifs is 1. The minimum atomic E-state index is -3.71. The van der Waals surface area contributed by atoms with Crippen molar-refractivity contribution >= 4 is 33.6 Å². The van der Waals surface area contributed by atoms with Gasteiger partial charge >= 0.3 is 5.97 Å². The van der Waals surface area contributed by atoms with E-state index in [0.29, 0.717) is 18.4 Å². The number of carbonyl (C=O) groups excluding carboxylic acids is 3. The van der Waals surface area contributed by atoms with Gasteiger partial charge in [-0.2, -0.15) is 4.31 Å². The number of hydrogen-bond acceptors (Lipinski definition) is 6. The van der Waals surface area contributed by atoms with E-state index in [1.54, 1.807) is 30.3 Å². The van der Waals surface area contributed by atoms with Crippen LogP contribution in [0.15, 0.2) is 30.3 Å². The number of sulfonamides is 1. The number of aliphatic carboxylic acids is 1. The van der Waals surface area contributed by atoms with E-state index in [4.69, 9.17) is 5.11 Å². The molecule has 0 spiro atoms. The van der Waals surface area contributed by atoms with Gasteiger partial charge in [-0.05, 0) is 25.3 Å². The molecule has 0 bridgehead atoms. The summed E-state index contributed by atoms with van der Waals surface area (Å²) in [5, 5.41) is 11.1.